The van der Waals surface area contributed by atoms with Crippen molar-refractivity contribution in [2.24, 2.45) is 0 Å². The Bertz CT molecular complexity index is 694. The number of rotatable bonds is 4. The minimum atomic E-state index is -4.92. The van der Waals surface area contributed by atoms with E-state index in [1.807, 2.05) is 0 Å². The molecule has 1 aromatic heterocycles. The summed E-state index contributed by atoms with van der Waals surface area (Å²) in [7, 11) is -9.85. The molecule has 2 rings (SSSR count). The molecule has 0 saturated heterocycles. The summed E-state index contributed by atoms with van der Waals surface area (Å²) >= 11 is 0. The molecular formula is C11H14NO6P2+. The highest BCUT2D eigenvalue weighted by molar-refractivity contribution is 7.70. The number of nitrogens with one attached hydrogen (secondary N) is 1. The van der Waals surface area contributed by atoms with Gasteiger partial charge < -0.3 is 19.6 Å². The van der Waals surface area contributed by atoms with Crippen LogP contribution in [0.1, 0.15) is 5.69 Å². The molecule has 0 spiro atoms. The predicted molar refractivity (Wildman–Crippen MR) is 72.1 cm³/mol. The zero-order valence-corrected chi connectivity index (χ0v) is 12.0. The van der Waals surface area contributed by atoms with E-state index in [0.717, 1.165) is 5.39 Å². The van der Waals surface area contributed by atoms with Crippen LogP contribution in [0.25, 0.3) is 10.8 Å². The van der Waals surface area contributed by atoms with Crippen LogP contribution >= 0.6 is 15.2 Å². The third kappa shape index (κ3) is 3.33. The summed E-state index contributed by atoms with van der Waals surface area (Å²) < 4.78 is 22.6. The summed E-state index contributed by atoms with van der Waals surface area (Å²) in [6.45, 7) is 0. The summed E-state index contributed by atoms with van der Waals surface area (Å²) in [5.41, 5.74) is 0.375. The van der Waals surface area contributed by atoms with Crippen LogP contribution in [0.15, 0.2) is 36.5 Å². The number of aromatic nitrogens is 1. The van der Waals surface area contributed by atoms with Gasteiger partial charge in [0, 0.05) is 11.5 Å². The van der Waals surface area contributed by atoms with E-state index >= 15 is 0 Å². The van der Waals surface area contributed by atoms with E-state index in [2.05, 4.69) is 4.98 Å². The highest BCUT2D eigenvalue weighted by Gasteiger charge is 2.44. The monoisotopic (exact) mass is 318 g/mol. The predicted octanol–water partition coefficient (Wildman–Crippen LogP) is 0.878. The molecule has 0 amide bonds. The lowest BCUT2D eigenvalue weighted by Gasteiger charge is -2.18. The number of fused-ring (bicyclic) bond motifs is 1. The van der Waals surface area contributed by atoms with Crippen LogP contribution in [0.3, 0.4) is 0 Å². The minimum absolute atomic E-state index is 0.375. The molecule has 1 aromatic carbocycles. The molecule has 108 valence electrons. The minimum Gasteiger partial charge on any atom is -0.324 e. The standard InChI is InChI=1S/C11H13NO6P2/c13-19(14,15)11(20(16,17)18)7-10-9-4-2-1-3-8(9)5-6-12-10/h1-6,11H,7H2,(H2,13,14,15)(H2,16,17,18)/p+1. The van der Waals surface area contributed by atoms with Gasteiger partial charge in [-0.05, 0) is 11.5 Å². The quantitative estimate of drug-likeness (QED) is 0.619. The van der Waals surface area contributed by atoms with Gasteiger partial charge in [0.15, 0.2) is 17.3 Å². The zero-order valence-electron chi connectivity index (χ0n) is 10.2. The number of hydrogen-bond acceptors (Lipinski definition) is 2. The van der Waals surface area contributed by atoms with Crippen molar-refractivity contribution in [1.29, 1.82) is 0 Å². The second kappa shape index (κ2) is 5.37. The molecular weight excluding hydrogens is 304 g/mol. The van der Waals surface area contributed by atoms with E-state index < -0.39 is 27.0 Å². The van der Waals surface area contributed by atoms with Gasteiger partial charge in [-0.2, -0.15) is 0 Å². The second-order valence-electron chi connectivity index (χ2n) is 4.41. The smallest absolute Gasteiger partial charge is 0.324 e. The Labute approximate surface area is 114 Å². The Balaban J connectivity index is 2.50. The molecule has 0 fully saturated rings. The van der Waals surface area contributed by atoms with Gasteiger partial charge in [-0.15, -0.1) is 0 Å². The number of pyridine rings is 1. The molecule has 0 aliphatic carbocycles. The molecule has 0 aliphatic rings. The maximum absolute atomic E-state index is 11.3. The molecule has 0 radical (unpaired) electrons. The van der Waals surface area contributed by atoms with Gasteiger partial charge in [0.2, 0.25) is 0 Å². The molecule has 1 heterocycles. The largest absolute Gasteiger partial charge is 0.341 e. The average molecular weight is 318 g/mol. The lowest BCUT2D eigenvalue weighted by Crippen LogP contribution is -2.20. The van der Waals surface area contributed by atoms with Gasteiger partial charge in [0.1, 0.15) is 0 Å². The van der Waals surface area contributed by atoms with Crippen molar-refractivity contribution in [3.8, 4) is 0 Å². The second-order valence-corrected chi connectivity index (χ2v) is 8.42. The summed E-state index contributed by atoms with van der Waals surface area (Å²) in [6.07, 6.45) is 1.13. The number of benzene rings is 1. The van der Waals surface area contributed by atoms with E-state index in [1.165, 1.54) is 0 Å². The lowest BCUT2D eigenvalue weighted by atomic mass is 10.1. The Hall–Kier alpha value is -1.07. The van der Waals surface area contributed by atoms with Gasteiger partial charge in [-0.3, -0.25) is 9.13 Å². The highest BCUT2D eigenvalue weighted by atomic mass is 31.2. The first-order chi connectivity index (χ1) is 9.19. The average Bonchev–Trinajstić information content (AvgIpc) is 2.33. The van der Waals surface area contributed by atoms with Crippen molar-refractivity contribution < 1.29 is 33.7 Å². The molecule has 2 aromatic rings. The highest BCUT2D eigenvalue weighted by Crippen LogP contribution is 2.60. The van der Waals surface area contributed by atoms with Gasteiger partial charge in [-0.25, -0.2) is 4.98 Å². The summed E-state index contributed by atoms with van der Waals surface area (Å²) in [5, 5.41) is -0.560. The Kier molecular flexibility index (Phi) is 4.12. The molecule has 7 nitrogen and oxygen atoms in total. The van der Waals surface area contributed by atoms with Crippen molar-refractivity contribution in [3.63, 3.8) is 0 Å². The van der Waals surface area contributed by atoms with Gasteiger partial charge >= 0.3 is 15.2 Å². The van der Waals surface area contributed by atoms with Crippen molar-refractivity contribution in [2.75, 3.05) is 0 Å². The molecule has 9 heteroatoms. The molecule has 0 aliphatic heterocycles. The summed E-state index contributed by atoms with van der Waals surface area (Å²) in [5.74, 6) is 0. The summed E-state index contributed by atoms with van der Waals surface area (Å²) in [6, 6.07) is 8.83. The van der Waals surface area contributed by atoms with Crippen LogP contribution in [0, 0.1) is 0 Å². The third-order valence-corrected chi connectivity index (χ3v) is 6.69. The van der Waals surface area contributed by atoms with Crippen LogP contribution in [0.5, 0.6) is 0 Å². The first-order valence-corrected chi connectivity index (χ1v) is 9.04. The van der Waals surface area contributed by atoms with Crippen molar-refractivity contribution in [3.05, 3.63) is 42.2 Å². The van der Waals surface area contributed by atoms with Crippen LogP contribution < -0.4 is 4.98 Å². The molecule has 20 heavy (non-hydrogen) atoms. The van der Waals surface area contributed by atoms with Crippen molar-refractivity contribution in [1.82, 2.24) is 0 Å². The Morgan fingerprint density at radius 3 is 2.20 bits per heavy atom. The number of hydrogen-bond donors (Lipinski definition) is 4. The molecule has 0 saturated carbocycles. The van der Waals surface area contributed by atoms with Crippen molar-refractivity contribution >= 4 is 26.0 Å². The zero-order chi connectivity index (χ0) is 15.0. The topological polar surface area (TPSA) is 129 Å². The van der Waals surface area contributed by atoms with Crippen LogP contribution in [0.4, 0.5) is 0 Å². The van der Waals surface area contributed by atoms with Crippen molar-refractivity contribution in [2.45, 2.75) is 11.8 Å². The van der Waals surface area contributed by atoms with Gasteiger partial charge in [0.05, 0.1) is 6.42 Å². The van der Waals surface area contributed by atoms with E-state index in [9.17, 15) is 9.13 Å². The normalized spacial score (nSPS) is 13.1. The summed E-state index contributed by atoms with van der Waals surface area (Å²) in [4.78, 5) is 39.4. The first kappa shape index (κ1) is 15.3. The Morgan fingerprint density at radius 1 is 1.00 bits per heavy atom. The third-order valence-electron chi connectivity index (χ3n) is 2.97. The maximum Gasteiger partial charge on any atom is 0.341 e. The van der Waals surface area contributed by atoms with E-state index in [0.29, 0.717) is 11.1 Å². The van der Waals surface area contributed by atoms with Crippen LogP contribution in [0.2, 0.25) is 0 Å². The fourth-order valence-corrected chi connectivity index (χ4v) is 4.42. The van der Waals surface area contributed by atoms with E-state index in [-0.39, 0.29) is 0 Å². The fraction of sp³-hybridized carbons (Fsp3) is 0.182. The molecule has 5 N–H and O–H groups in total. The van der Waals surface area contributed by atoms with E-state index in [4.69, 9.17) is 19.6 Å². The molecule has 0 bridgehead atoms. The van der Waals surface area contributed by atoms with Gasteiger partial charge in [-0.1, -0.05) is 18.2 Å². The van der Waals surface area contributed by atoms with Crippen LogP contribution in [-0.4, -0.2) is 25.0 Å². The first-order valence-electron chi connectivity index (χ1n) is 5.68. The number of aromatic amines is 1. The molecule has 0 unspecified atom stereocenters. The SMILES string of the molecule is O=P(O)(O)C(Cc1[nH+]ccc2ccccc12)P(=O)(O)O. The lowest BCUT2D eigenvalue weighted by molar-refractivity contribution is -0.387. The molecule has 0 atom stereocenters. The Morgan fingerprint density at radius 2 is 1.60 bits per heavy atom. The van der Waals surface area contributed by atoms with Gasteiger partial charge in [0.25, 0.3) is 0 Å². The number of H-pyrrole nitrogens is 1. The maximum atomic E-state index is 11.3. The van der Waals surface area contributed by atoms with E-state index in [1.54, 1.807) is 36.5 Å². The fourth-order valence-electron chi connectivity index (χ4n) is 2.01. The van der Waals surface area contributed by atoms with Crippen LogP contribution in [-0.2, 0) is 15.6 Å².